The summed E-state index contributed by atoms with van der Waals surface area (Å²) in [5.41, 5.74) is 2.48. The van der Waals surface area contributed by atoms with E-state index in [1.54, 1.807) is 10.4 Å². The summed E-state index contributed by atoms with van der Waals surface area (Å²) in [4.78, 5) is 17.9. The van der Waals surface area contributed by atoms with Crippen molar-refractivity contribution in [2.75, 3.05) is 32.4 Å². The van der Waals surface area contributed by atoms with Crippen molar-refractivity contribution in [2.45, 2.75) is 12.8 Å². The molecular formula is C11H17N3O3S2. The quantitative estimate of drug-likeness (QED) is 0.798. The van der Waals surface area contributed by atoms with E-state index in [-0.39, 0.29) is 5.91 Å². The van der Waals surface area contributed by atoms with Crippen LogP contribution < -0.4 is 0 Å². The van der Waals surface area contributed by atoms with Crippen LogP contribution in [0.1, 0.15) is 12.1 Å². The molecule has 1 aliphatic heterocycles. The van der Waals surface area contributed by atoms with Crippen molar-refractivity contribution < 1.29 is 13.2 Å². The average molecular weight is 303 g/mol. The standard InChI is InChI=1S/C11H17N3O3S2/c1-19(16,17)14-4-2-3-13(5-6-14)11(15)7-10-8-18-9-12-10/h8-9H,2-7H2,1H3. The molecule has 0 saturated carbocycles. The van der Waals surface area contributed by atoms with Gasteiger partial charge < -0.3 is 4.90 Å². The Hall–Kier alpha value is -0.990. The molecule has 0 unspecified atom stereocenters. The monoisotopic (exact) mass is 303 g/mol. The maximum atomic E-state index is 12.1. The average Bonchev–Trinajstić information content (AvgIpc) is 2.69. The molecule has 0 N–H and O–H groups in total. The van der Waals surface area contributed by atoms with Gasteiger partial charge >= 0.3 is 0 Å². The van der Waals surface area contributed by atoms with Crippen molar-refractivity contribution in [3.8, 4) is 0 Å². The minimum absolute atomic E-state index is 0.0150. The van der Waals surface area contributed by atoms with Crippen molar-refractivity contribution in [1.29, 1.82) is 0 Å². The molecule has 8 heteroatoms. The summed E-state index contributed by atoms with van der Waals surface area (Å²) in [6.45, 7) is 1.92. The van der Waals surface area contributed by atoms with Gasteiger partial charge in [0.25, 0.3) is 0 Å². The van der Waals surface area contributed by atoms with E-state index < -0.39 is 10.0 Å². The molecule has 0 bridgehead atoms. The van der Waals surface area contributed by atoms with Crippen molar-refractivity contribution in [2.24, 2.45) is 0 Å². The summed E-state index contributed by atoms with van der Waals surface area (Å²) >= 11 is 1.47. The lowest BCUT2D eigenvalue weighted by atomic mass is 10.3. The number of carbonyl (C=O) groups excluding carboxylic acids is 1. The second-order valence-corrected chi connectivity index (χ2v) is 7.25. The summed E-state index contributed by atoms with van der Waals surface area (Å²) in [6.07, 6.45) is 2.18. The molecule has 0 spiro atoms. The van der Waals surface area contributed by atoms with Crippen LogP contribution in [-0.2, 0) is 21.2 Å². The van der Waals surface area contributed by atoms with Crippen LogP contribution in [0.3, 0.4) is 0 Å². The molecule has 0 aliphatic carbocycles. The Labute approximate surface area is 117 Å². The zero-order valence-electron chi connectivity index (χ0n) is 10.8. The third kappa shape index (κ3) is 3.99. The highest BCUT2D eigenvalue weighted by Gasteiger charge is 2.23. The molecule has 106 valence electrons. The molecule has 1 aromatic heterocycles. The zero-order chi connectivity index (χ0) is 13.9. The first-order valence-electron chi connectivity index (χ1n) is 6.07. The predicted molar refractivity (Wildman–Crippen MR) is 73.4 cm³/mol. The summed E-state index contributed by atoms with van der Waals surface area (Å²) in [5, 5.41) is 1.86. The number of aromatic nitrogens is 1. The summed E-state index contributed by atoms with van der Waals surface area (Å²) in [7, 11) is -3.16. The van der Waals surface area contributed by atoms with Crippen LogP contribution in [0.15, 0.2) is 10.9 Å². The molecule has 1 fully saturated rings. The van der Waals surface area contributed by atoms with Gasteiger partial charge in [0.15, 0.2) is 0 Å². The molecule has 0 radical (unpaired) electrons. The lowest BCUT2D eigenvalue weighted by molar-refractivity contribution is -0.130. The Morgan fingerprint density at radius 3 is 2.79 bits per heavy atom. The number of amides is 1. The minimum atomic E-state index is -3.16. The largest absolute Gasteiger partial charge is 0.341 e. The highest BCUT2D eigenvalue weighted by Crippen LogP contribution is 2.09. The van der Waals surface area contributed by atoms with Crippen molar-refractivity contribution >= 4 is 27.3 Å². The van der Waals surface area contributed by atoms with Gasteiger partial charge in [-0.05, 0) is 6.42 Å². The van der Waals surface area contributed by atoms with E-state index >= 15 is 0 Å². The van der Waals surface area contributed by atoms with E-state index in [2.05, 4.69) is 4.98 Å². The van der Waals surface area contributed by atoms with Crippen LogP contribution >= 0.6 is 11.3 Å². The summed E-state index contributed by atoms with van der Waals surface area (Å²) < 4.78 is 24.4. The van der Waals surface area contributed by atoms with Gasteiger partial charge in [-0.3, -0.25) is 4.79 Å². The Balaban J connectivity index is 1.94. The zero-order valence-corrected chi connectivity index (χ0v) is 12.4. The number of sulfonamides is 1. The van der Waals surface area contributed by atoms with Crippen LogP contribution in [0.2, 0.25) is 0 Å². The van der Waals surface area contributed by atoms with E-state index in [1.807, 2.05) is 5.38 Å². The fourth-order valence-corrected chi connectivity index (χ4v) is 3.50. The third-order valence-electron chi connectivity index (χ3n) is 3.09. The molecular weight excluding hydrogens is 286 g/mol. The molecule has 19 heavy (non-hydrogen) atoms. The number of rotatable bonds is 3. The number of nitrogens with zero attached hydrogens (tertiary/aromatic N) is 3. The Bertz CT molecular complexity index is 527. The normalized spacial score (nSPS) is 18.3. The Morgan fingerprint density at radius 1 is 1.37 bits per heavy atom. The number of carbonyl (C=O) groups is 1. The molecule has 0 aromatic carbocycles. The molecule has 0 atom stereocenters. The van der Waals surface area contributed by atoms with Gasteiger partial charge in [-0.15, -0.1) is 11.3 Å². The van der Waals surface area contributed by atoms with Crippen LogP contribution in [-0.4, -0.2) is 60.9 Å². The molecule has 1 amide bonds. The first kappa shape index (κ1) is 14.4. The number of hydrogen-bond donors (Lipinski definition) is 0. The maximum Gasteiger partial charge on any atom is 0.228 e. The van der Waals surface area contributed by atoms with Gasteiger partial charge in [0.1, 0.15) is 0 Å². The Morgan fingerprint density at radius 2 is 2.16 bits per heavy atom. The lowest BCUT2D eigenvalue weighted by Crippen LogP contribution is -2.37. The van der Waals surface area contributed by atoms with Crippen LogP contribution in [0, 0.1) is 0 Å². The van der Waals surface area contributed by atoms with E-state index in [0.717, 1.165) is 5.69 Å². The van der Waals surface area contributed by atoms with Gasteiger partial charge in [-0.1, -0.05) is 0 Å². The second-order valence-electron chi connectivity index (χ2n) is 4.55. The predicted octanol–water partition coefficient (Wildman–Crippen LogP) is 0.179. The summed E-state index contributed by atoms with van der Waals surface area (Å²) in [6, 6.07) is 0. The van der Waals surface area contributed by atoms with Crippen molar-refractivity contribution in [1.82, 2.24) is 14.2 Å². The molecule has 6 nitrogen and oxygen atoms in total. The molecule has 2 rings (SSSR count). The highest BCUT2D eigenvalue weighted by molar-refractivity contribution is 7.88. The van der Waals surface area contributed by atoms with E-state index in [1.165, 1.54) is 21.9 Å². The van der Waals surface area contributed by atoms with E-state index in [0.29, 0.717) is 39.0 Å². The topological polar surface area (TPSA) is 70.6 Å². The number of hydrogen-bond acceptors (Lipinski definition) is 5. The van der Waals surface area contributed by atoms with Crippen molar-refractivity contribution in [3.05, 3.63) is 16.6 Å². The molecule has 1 aliphatic rings. The van der Waals surface area contributed by atoms with Gasteiger partial charge in [-0.2, -0.15) is 0 Å². The second kappa shape index (κ2) is 5.98. The minimum Gasteiger partial charge on any atom is -0.341 e. The van der Waals surface area contributed by atoms with Gasteiger partial charge in [0.05, 0.1) is 23.9 Å². The fourth-order valence-electron chi connectivity index (χ4n) is 2.07. The molecule has 1 aromatic rings. The van der Waals surface area contributed by atoms with Crippen LogP contribution in [0.5, 0.6) is 0 Å². The SMILES string of the molecule is CS(=O)(=O)N1CCCN(C(=O)Cc2cscn2)CC1. The smallest absolute Gasteiger partial charge is 0.228 e. The molecule has 1 saturated heterocycles. The maximum absolute atomic E-state index is 12.1. The Kier molecular flexibility index (Phi) is 4.54. The lowest BCUT2D eigenvalue weighted by Gasteiger charge is -2.20. The third-order valence-corrected chi connectivity index (χ3v) is 5.03. The highest BCUT2D eigenvalue weighted by atomic mass is 32.2. The van der Waals surface area contributed by atoms with Crippen molar-refractivity contribution in [3.63, 3.8) is 0 Å². The fraction of sp³-hybridized carbons (Fsp3) is 0.636. The summed E-state index contributed by atoms with van der Waals surface area (Å²) in [5.74, 6) is 0.0150. The van der Waals surface area contributed by atoms with E-state index in [9.17, 15) is 13.2 Å². The first-order chi connectivity index (χ1) is 8.97. The van der Waals surface area contributed by atoms with E-state index in [4.69, 9.17) is 0 Å². The first-order valence-corrected chi connectivity index (χ1v) is 8.86. The van der Waals surface area contributed by atoms with Crippen LogP contribution in [0.25, 0.3) is 0 Å². The number of thiazole rings is 1. The van der Waals surface area contributed by atoms with Gasteiger partial charge in [0, 0.05) is 31.6 Å². The van der Waals surface area contributed by atoms with Gasteiger partial charge in [0.2, 0.25) is 15.9 Å². The molecule has 2 heterocycles. The van der Waals surface area contributed by atoms with Crippen LogP contribution in [0.4, 0.5) is 0 Å². The van der Waals surface area contributed by atoms with Gasteiger partial charge in [-0.25, -0.2) is 17.7 Å².